The Bertz CT molecular complexity index is 2210. The van der Waals surface area contributed by atoms with Crippen molar-refractivity contribution >= 4 is 21.8 Å². The molecule has 0 fully saturated rings. The molecule has 0 saturated carbocycles. The number of ether oxygens (including phenoxy) is 2. The third-order valence-corrected chi connectivity index (χ3v) is 8.91. The molecule has 0 amide bonds. The van der Waals surface area contributed by atoms with Gasteiger partial charge in [0.2, 0.25) is 0 Å². The van der Waals surface area contributed by atoms with Crippen molar-refractivity contribution in [2.75, 3.05) is 7.11 Å². The second-order valence-corrected chi connectivity index (χ2v) is 11.5. The summed E-state index contributed by atoms with van der Waals surface area (Å²) in [5.74, 6) is 2.68. The Morgan fingerprint density at radius 2 is 1.46 bits per heavy atom. The first kappa shape index (κ1) is 33.2. The van der Waals surface area contributed by atoms with Crippen molar-refractivity contribution in [1.29, 1.82) is 0 Å². The Labute approximate surface area is 296 Å². The zero-order valence-corrected chi connectivity index (χ0v) is 30.2. The molecule has 0 aliphatic rings. The summed E-state index contributed by atoms with van der Waals surface area (Å²) in [6.45, 7) is 8.86. The van der Waals surface area contributed by atoms with Crippen LogP contribution in [0.3, 0.4) is 0 Å². The van der Waals surface area contributed by atoms with Gasteiger partial charge in [-0.05, 0) is 65.6 Å². The van der Waals surface area contributed by atoms with Crippen LogP contribution in [0.4, 0.5) is 0 Å². The molecule has 7 heteroatoms. The molecule has 7 aromatic rings. The van der Waals surface area contributed by atoms with Gasteiger partial charge in [0.1, 0.15) is 11.6 Å². The van der Waals surface area contributed by atoms with Gasteiger partial charge in [-0.2, -0.15) is 17.2 Å². The topological polar surface area (TPSA) is 54.1 Å². The van der Waals surface area contributed by atoms with E-state index in [0.29, 0.717) is 11.5 Å². The Balaban J connectivity index is 0.00000401. The van der Waals surface area contributed by atoms with Gasteiger partial charge < -0.3 is 14.0 Å². The molecule has 3 heterocycles. The van der Waals surface area contributed by atoms with E-state index in [2.05, 4.69) is 96.5 Å². The van der Waals surface area contributed by atoms with Crippen LogP contribution in [0.5, 0.6) is 17.2 Å². The predicted molar refractivity (Wildman–Crippen MR) is 189 cm³/mol. The minimum atomic E-state index is 0. The summed E-state index contributed by atoms with van der Waals surface area (Å²) < 4.78 is 16.1. The van der Waals surface area contributed by atoms with Crippen molar-refractivity contribution in [3.05, 3.63) is 126 Å². The Morgan fingerprint density at radius 1 is 0.708 bits per heavy atom. The summed E-state index contributed by atoms with van der Waals surface area (Å²) in [4.78, 5) is 4.67. The minimum Gasteiger partial charge on any atom is -0.509 e. The van der Waals surface area contributed by atoms with E-state index >= 15 is 0 Å². The predicted octanol–water partition coefficient (Wildman–Crippen LogP) is 9.68. The average Bonchev–Trinajstić information content (AvgIpc) is 3.66. The van der Waals surface area contributed by atoms with Crippen molar-refractivity contribution in [3.8, 4) is 39.9 Å². The summed E-state index contributed by atoms with van der Waals surface area (Å²) in [5.41, 5.74) is 10.4. The van der Waals surface area contributed by atoms with Crippen LogP contribution >= 0.6 is 0 Å². The first-order valence-corrected chi connectivity index (χ1v) is 16.5. The number of benzene rings is 4. The van der Waals surface area contributed by atoms with Gasteiger partial charge in [-0.15, -0.1) is 35.7 Å². The maximum atomic E-state index is 6.46. The van der Waals surface area contributed by atoms with Gasteiger partial charge in [-0.3, -0.25) is 4.68 Å². The third-order valence-electron chi connectivity index (χ3n) is 8.91. The number of fused-ring (bicyclic) bond motifs is 3. The molecule has 0 saturated heterocycles. The molecule has 0 bridgehead atoms. The fraction of sp³-hybridized carbons (Fsp3) is 0.220. The van der Waals surface area contributed by atoms with Crippen LogP contribution in [-0.4, -0.2) is 26.4 Å². The van der Waals surface area contributed by atoms with Crippen molar-refractivity contribution in [2.45, 2.75) is 53.4 Å². The van der Waals surface area contributed by atoms with E-state index in [0.717, 1.165) is 70.4 Å². The number of para-hydroxylation sites is 1. The SMILES string of the molecule is CCc1cccc(CC)c1-c1c(CC)nn(-c2[c-]c(Oc3[c-]c4c(cc3)c3ccccc3n4-c3cc(OC)ccn3)ccc2)c1CC.[Pt+2]. The van der Waals surface area contributed by atoms with E-state index in [4.69, 9.17) is 14.6 Å². The average molecular weight is 814 g/mol. The monoisotopic (exact) mass is 813 g/mol. The van der Waals surface area contributed by atoms with E-state index in [9.17, 15) is 0 Å². The minimum absolute atomic E-state index is 0. The number of pyridine rings is 1. The number of nitrogens with zero attached hydrogens (tertiary/aromatic N) is 4. The van der Waals surface area contributed by atoms with Gasteiger partial charge in [0.05, 0.1) is 12.8 Å². The standard InChI is InChI=1S/C41H38N4O2.Pt/c1-6-27-14-12-15-28(7-2)40(27)41-35(8-3)43-45(36(41)9-4)29-16-13-17-31(24-29)47-32-20-21-34-33-18-10-11-19-37(33)44(38(34)25-32)39-26-30(46-5)22-23-42-39;/h10-23,26H,6-9H2,1-5H3;/q-2;+2. The smallest absolute Gasteiger partial charge is 0.509 e. The van der Waals surface area contributed by atoms with Crippen LogP contribution in [-0.2, 0) is 46.7 Å². The van der Waals surface area contributed by atoms with Crippen molar-refractivity contribution in [1.82, 2.24) is 19.3 Å². The quantitative estimate of drug-likeness (QED) is 0.129. The molecule has 3 aromatic heterocycles. The molecule has 0 atom stereocenters. The summed E-state index contributed by atoms with van der Waals surface area (Å²) in [6.07, 6.45) is 5.40. The van der Waals surface area contributed by atoms with Gasteiger partial charge in [0.15, 0.2) is 0 Å². The summed E-state index contributed by atoms with van der Waals surface area (Å²) in [6, 6.07) is 35.9. The fourth-order valence-corrected chi connectivity index (χ4v) is 6.69. The maximum Gasteiger partial charge on any atom is 2.00 e. The number of hydrogen-bond donors (Lipinski definition) is 0. The normalized spacial score (nSPS) is 11.2. The van der Waals surface area contributed by atoms with Crippen LogP contribution < -0.4 is 9.47 Å². The van der Waals surface area contributed by atoms with Gasteiger partial charge in [-0.1, -0.05) is 69.6 Å². The molecule has 0 aliphatic heterocycles. The van der Waals surface area contributed by atoms with Gasteiger partial charge >= 0.3 is 21.1 Å². The molecule has 48 heavy (non-hydrogen) atoms. The number of rotatable bonds is 10. The zero-order chi connectivity index (χ0) is 32.5. The zero-order valence-electron chi connectivity index (χ0n) is 27.9. The third kappa shape index (κ3) is 5.83. The molecular weight excluding hydrogens is 776 g/mol. The number of aromatic nitrogens is 4. The Morgan fingerprint density at radius 3 is 2.19 bits per heavy atom. The second-order valence-electron chi connectivity index (χ2n) is 11.5. The second kappa shape index (κ2) is 14.2. The van der Waals surface area contributed by atoms with Crippen LogP contribution in [0.2, 0.25) is 0 Å². The Kier molecular flexibility index (Phi) is 9.84. The molecular formula is C41H38N4O2Pt. The number of methoxy groups -OCH3 is 1. The molecule has 0 aliphatic carbocycles. The van der Waals surface area contributed by atoms with Crippen molar-refractivity contribution < 1.29 is 30.5 Å². The molecule has 244 valence electrons. The summed E-state index contributed by atoms with van der Waals surface area (Å²) in [5, 5.41) is 7.36. The van der Waals surface area contributed by atoms with Crippen LogP contribution in [0.1, 0.15) is 50.2 Å². The largest absolute Gasteiger partial charge is 2.00 e. The van der Waals surface area contributed by atoms with E-state index in [1.165, 1.54) is 27.9 Å². The van der Waals surface area contributed by atoms with E-state index < -0.39 is 0 Å². The summed E-state index contributed by atoms with van der Waals surface area (Å²) >= 11 is 0. The maximum absolute atomic E-state index is 6.46. The van der Waals surface area contributed by atoms with Crippen LogP contribution in [0.15, 0.2) is 91.1 Å². The van der Waals surface area contributed by atoms with Crippen molar-refractivity contribution in [2.24, 2.45) is 0 Å². The first-order valence-electron chi connectivity index (χ1n) is 16.5. The molecule has 4 aromatic carbocycles. The van der Waals surface area contributed by atoms with E-state index in [1.807, 2.05) is 42.5 Å². The molecule has 0 radical (unpaired) electrons. The van der Waals surface area contributed by atoms with Gasteiger partial charge in [0.25, 0.3) is 0 Å². The molecule has 7 rings (SSSR count). The number of aryl methyl sites for hydroxylation is 3. The van der Waals surface area contributed by atoms with Gasteiger partial charge in [0, 0.05) is 40.5 Å². The fourth-order valence-electron chi connectivity index (χ4n) is 6.69. The van der Waals surface area contributed by atoms with E-state index in [-0.39, 0.29) is 21.1 Å². The molecule has 0 unspecified atom stereocenters. The molecule has 0 spiro atoms. The first-order chi connectivity index (χ1) is 23.1. The van der Waals surface area contributed by atoms with E-state index in [1.54, 1.807) is 13.3 Å². The Hall–Kier alpha value is -4.67. The van der Waals surface area contributed by atoms with Crippen LogP contribution in [0, 0.1) is 12.1 Å². The van der Waals surface area contributed by atoms with Crippen molar-refractivity contribution in [3.63, 3.8) is 0 Å². The molecule has 0 N–H and O–H groups in total. The van der Waals surface area contributed by atoms with Crippen LogP contribution in [0.25, 0.3) is 44.4 Å². The number of hydrogen-bond acceptors (Lipinski definition) is 4. The van der Waals surface area contributed by atoms with Gasteiger partial charge in [-0.25, -0.2) is 4.98 Å². The summed E-state index contributed by atoms with van der Waals surface area (Å²) in [7, 11) is 1.66. The molecule has 6 nitrogen and oxygen atoms in total.